The van der Waals surface area contributed by atoms with Crippen LogP contribution in [0.2, 0.25) is 0 Å². The molecule has 1 fully saturated rings. The van der Waals surface area contributed by atoms with Gasteiger partial charge in [0.05, 0.1) is 18.8 Å². The van der Waals surface area contributed by atoms with Gasteiger partial charge < -0.3 is 15.0 Å². The van der Waals surface area contributed by atoms with E-state index in [0.717, 1.165) is 16.4 Å². The summed E-state index contributed by atoms with van der Waals surface area (Å²) in [6.45, 7) is 3.31. The number of nitrogens with zero attached hydrogens (tertiary/aromatic N) is 3. The van der Waals surface area contributed by atoms with Gasteiger partial charge in [0.25, 0.3) is 0 Å². The highest BCUT2D eigenvalue weighted by Gasteiger charge is 2.27. The zero-order valence-electron chi connectivity index (χ0n) is 16.0. The molecule has 28 heavy (non-hydrogen) atoms. The molecule has 0 saturated carbocycles. The highest BCUT2D eigenvalue weighted by Crippen LogP contribution is 2.28. The largest absolute Gasteiger partial charge is 0.469 e. The first kappa shape index (κ1) is 20.6. The zero-order valence-corrected chi connectivity index (χ0v) is 17.6. The molecule has 0 bridgehead atoms. The molecule has 150 valence electrons. The Kier molecular flexibility index (Phi) is 7.27. The Morgan fingerprint density at radius 1 is 1.25 bits per heavy atom. The van der Waals surface area contributed by atoms with Gasteiger partial charge in [-0.05, 0) is 37.0 Å². The molecule has 0 unspecified atom stereocenters. The van der Waals surface area contributed by atoms with Gasteiger partial charge in [-0.2, -0.15) is 0 Å². The van der Waals surface area contributed by atoms with Crippen LogP contribution in [-0.4, -0.2) is 52.9 Å². The minimum absolute atomic E-state index is 0.0631. The standard InChI is InChI=1S/C19H24N4O3S2/c1-3-13-4-6-15(7-5-13)20-18-21-22-19(28-18)27-12-16(24)23-10-8-14(9-11-23)17(25)26-2/h4-7,14H,3,8-12H2,1-2H3,(H,20,21). The number of hydrogen-bond donors (Lipinski definition) is 1. The van der Waals surface area contributed by atoms with E-state index >= 15 is 0 Å². The maximum absolute atomic E-state index is 12.4. The van der Waals surface area contributed by atoms with Crippen LogP contribution in [0.15, 0.2) is 28.6 Å². The van der Waals surface area contributed by atoms with Crippen LogP contribution >= 0.6 is 23.1 Å². The molecule has 1 amide bonds. The summed E-state index contributed by atoms with van der Waals surface area (Å²) in [7, 11) is 1.40. The van der Waals surface area contributed by atoms with Crippen molar-refractivity contribution in [3.8, 4) is 0 Å². The average molecular weight is 421 g/mol. The van der Waals surface area contributed by atoms with Crippen molar-refractivity contribution in [3.05, 3.63) is 29.8 Å². The minimum atomic E-state index is -0.181. The number of amides is 1. The van der Waals surface area contributed by atoms with Crippen LogP contribution in [0.5, 0.6) is 0 Å². The fourth-order valence-electron chi connectivity index (χ4n) is 3.01. The van der Waals surface area contributed by atoms with Crippen molar-refractivity contribution in [2.75, 3.05) is 31.3 Å². The number of piperidine rings is 1. The van der Waals surface area contributed by atoms with E-state index in [1.807, 2.05) is 17.0 Å². The second kappa shape index (κ2) is 9.88. The number of benzene rings is 1. The molecule has 0 aliphatic carbocycles. The summed E-state index contributed by atoms with van der Waals surface area (Å²) in [6, 6.07) is 8.21. The summed E-state index contributed by atoms with van der Waals surface area (Å²) in [5.74, 6) is 0.112. The molecule has 3 rings (SSSR count). The molecule has 9 heteroatoms. The third-order valence-electron chi connectivity index (χ3n) is 4.72. The molecule has 1 aromatic carbocycles. The van der Waals surface area contributed by atoms with Crippen LogP contribution in [0.25, 0.3) is 0 Å². The Labute approximate surface area is 172 Å². The topological polar surface area (TPSA) is 84.4 Å². The lowest BCUT2D eigenvalue weighted by atomic mass is 9.97. The lowest BCUT2D eigenvalue weighted by Gasteiger charge is -2.30. The Morgan fingerprint density at radius 3 is 2.61 bits per heavy atom. The quantitative estimate of drug-likeness (QED) is 0.543. The molecule has 0 atom stereocenters. The van der Waals surface area contributed by atoms with Crippen LogP contribution in [0.3, 0.4) is 0 Å². The highest BCUT2D eigenvalue weighted by atomic mass is 32.2. The predicted molar refractivity (Wildman–Crippen MR) is 111 cm³/mol. The number of hydrogen-bond acceptors (Lipinski definition) is 8. The molecular formula is C19H24N4O3S2. The Balaban J connectivity index is 1.45. The Bertz CT molecular complexity index is 802. The number of rotatable bonds is 7. The average Bonchev–Trinajstić information content (AvgIpc) is 3.19. The first-order valence-electron chi connectivity index (χ1n) is 9.27. The van der Waals surface area contributed by atoms with Crippen molar-refractivity contribution >= 4 is 45.8 Å². The number of esters is 1. The molecule has 1 aromatic heterocycles. The number of thioether (sulfide) groups is 1. The van der Waals surface area contributed by atoms with Crippen molar-refractivity contribution < 1.29 is 14.3 Å². The van der Waals surface area contributed by atoms with Crippen molar-refractivity contribution in [1.29, 1.82) is 0 Å². The minimum Gasteiger partial charge on any atom is -0.469 e. The van der Waals surface area contributed by atoms with E-state index in [1.165, 1.54) is 35.8 Å². The lowest BCUT2D eigenvalue weighted by Crippen LogP contribution is -2.41. The van der Waals surface area contributed by atoms with E-state index in [9.17, 15) is 9.59 Å². The summed E-state index contributed by atoms with van der Waals surface area (Å²) < 4.78 is 5.54. The lowest BCUT2D eigenvalue weighted by molar-refractivity contribution is -0.148. The molecular weight excluding hydrogens is 396 g/mol. The van der Waals surface area contributed by atoms with Gasteiger partial charge in [0.1, 0.15) is 0 Å². The van der Waals surface area contributed by atoms with Crippen molar-refractivity contribution in [1.82, 2.24) is 15.1 Å². The smallest absolute Gasteiger partial charge is 0.308 e. The molecule has 7 nitrogen and oxygen atoms in total. The van der Waals surface area contributed by atoms with Gasteiger partial charge in [-0.3, -0.25) is 9.59 Å². The van der Waals surface area contributed by atoms with Gasteiger partial charge in [-0.1, -0.05) is 42.2 Å². The van der Waals surface area contributed by atoms with Gasteiger partial charge in [0, 0.05) is 18.8 Å². The number of nitrogens with one attached hydrogen (secondary N) is 1. The van der Waals surface area contributed by atoms with Gasteiger partial charge in [-0.25, -0.2) is 0 Å². The zero-order chi connectivity index (χ0) is 19.9. The third kappa shape index (κ3) is 5.45. The number of likely N-dealkylation sites (tertiary alicyclic amines) is 1. The SMILES string of the molecule is CCc1ccc(Nc2nnc(SCC(=O)N3CCC(C(=O)OC)CC3)s2)cc1. The number of anilines is 2. The fourth-order valence-corrected chi connectivity index (χ4v) is 4.69. The maximum atomic E-state index is 12.4. The molecule has 0 spiro atoms. The summed E-state index contributed by atoms with van der Waals surface area (Å²) in [5.41, 5.74) is 2.25. The summed E-state index contributed by atoms with van der Waals surface area (Å²) in [5, 5.41) is 12.2. The number of ether oxygens (including phenoxy) is 1. The van der Waals surface area contributed by atoms with Gasteiger partial charge in [0.2, 0.25) is 11.0 Å². The van der Waals surface area contributed by atoms with E-state index in [-0.39, 0.29) is 17.8 Å². The molecule has 1 aliphatic rings. The van der Waals surface area contributed by atoms with E-state index in [2.05, 4.69) is 34.6 Å². The molecule has 0 radical (unpaired) electrons. The van der Waals surface area contributed by atoms with E-state index in [1.54, 1.807) is 0 Å². The summed E-state index contributed by atoms with van der Waals surface area (Å²) in [4.78, 5) is 25.8. The molecule has 1 N–H and O–H groups in total. The fraction of sp³-hybridized carbons (Fsp3) is 0.474. The molecule has 2 heterocycles. The van der Waals surface area contributed by atoms with E-state index in [4.69, 9.17) is 4.74 Å². The second-order valence-electron chi connectivity index (χ2n) is 6.52. The van der Waals surface area contributed by atoms with Crippen LogP contribution in [0.1, 0.15) is 25.3 Å². The van der Waals surface area contributed by atoms with Gasteiger partial charge >= 0.3 is 5.97 Å². The van der Waals surface area contributed by atoms with Crippen LogP contribution in [0, 0.1) is 5.92 Å². The maximum Gasteiger partial charge on any atom is 0.308 e. The van der Waals surface area contributed by atoms with Gasteiger partial charge in [0.15, 0.2) is 4.34 Å². The van der Waals surface area contributed by atoms with E-state index in [0.29, 0.717) is 36.8 Å². The third-order valence-corrected chi connectivity index (χ3v) is 6.68. The second-order valence-corrected chi connectivity index (χ2v) is 8.72. The van der Waals surface area contributed by atoms with Crippen molar-refractivity contribution in [2.45, 2.75) is 30.5 Å². The molecule has 2 aromatic rings. The van der Waals surface area contributed by atoms with Crippen molar-refractivity contribution in [2.24, 2.45) is 5.92 Å². The van der Waals surface area contributed by atoms with Crippen molar-refractivity contribution in [3.63, 3.8) is 0 Å². The predicted octanol–water partition coefficient (Wildman–Crippen LogP) is 3.35. The number of aromatic nitrogens is 2. The van der Waals surface area contributed by atoms with Crippen LogP contribution < -0.4 is 5.32 Å². The Hall–Kier alpha value is -2.13. The number of carbonyl (C=O) groups excluding carboxylic acids is 2. The highest BCUT2D eigenvalue weighted by molar-refractivity contribution is 8.01. The monoisotopic (exact) mass is 420 g/mol. The Morgan fingerprint density at radius 2 is 1.96 bits per heavy atom. The number of aryl methyl sites for hydroxylation is 1. The first-order valence-corrected chi connectivity index (χ1v) is 11.1. The summed E-state index contributed by atoms with van der Waals surface area (Å²) in [6.07, 6.45) is 2.33. The van der Waals surface area contributed by atoms with Crippen LogP contribution in [-0.2, 0) is 20.7 Å². The molecule has 1 aliphatic heterocycles. The van der Waals surface area contributed by atoms with Crippen LogP contribution in [0.4, 0.5) is 10.8 Å². The summed E-state index contributed by atoms with van der Waals surface area (Å²) >= 11 is 2.82. The number of methoxy groups -OCH3 is 1. The van der Waals surface area contributed by atoms with E-state index < -0.39 is 0 Å². The first-order chi connectivity index (χ1) is 13.6. The van der Waals surface area contributed by atoms with Gasteiger partial charge in [-0.15, -0.1) is 10.2 Å². The molecule has 1 saturated heterocycles. The number of carbonyl (C=O) groups is 2. The normalized spacial score (nSPS) is 14.7.